The normalized spacial score (nSPS) is 11.6. The Bertz CT molecular complexity index is 1150. The van der Waals surface area contributed by atoms with Gasteiger partial charge in [0.05, 0.1) is 18.4 Å². The first-order valence-electron chi connectivity index (χ1n) is 7.58. The fraction of sp³-hybridized carbons (Fsp3) is 0.167. The van der Waals surface area contributed by atoms with Crippen LogP contribution in [0.5, 0.6) is 17.2 Å². The van der Waals surface area contributed by atoms with Gasteiger partial charge in [-0.15, -0.1) is 0 Å². The second-order valence-corrected chi connectivity index (χ2v) is 6.08. The van der Waals surface area contributed by atoms with E-state index in [-0.39, 0.29) is 23.9 Å². The summed E-state index contributed by atoms with van der Waals surface area (Å²) >= 11 is 0. The van der Waals surface area contributed by atoms with E-state index in [4.69, 9.17) is 8.83 Å². The topological polar surface area (TPSA) is 109 Å². The molecule has 7 nitrogen and oxygen atoms in total. The molecular formula is C18H16NO6+. The molecule has 0 fully saturated rings. The van der Waals surface area contributed by atoms with Crippen molar-refractivity contribution in [3.63, 3.8) is 0 Å². The van der Waals surface area contributed by atoms with Gasteiger partial charge in [-0.25, -0.2) is 4.42 Å². The number of rotatable bonds is 2. The Morgan fingerprint density at radius 1 is 0.960 bits per heavy atom. The summed E-state index contributed by atoms with van der Waals surface area (Å²) in [6.07, 6.45) is 0. The van der Waals surface area contributed by atoms with E-state index in [9.17, 15) is 20.4 Å². The Morgan fingerprint density at radius 3 is 2.40 bits per heavy atom. The van der Waals surface area contributed by atoms with Gasteiger partial charge in [-0.05, 0) is 6.07 Å². The minimum absolute atomic E-state index is 0.0597. The monoisotopic (exact) mass is 342 g/mol. The largest absolute Gasteiger partial charge is 0.508 e. The molecule has 4 aromatic rings. The van der Waals surface area contributed by atoms with Gasteiger partial charge in [0, 0.05) is 31.8 Å². The molecule has 0 saturated carbocycles. The highest BCUT2D eigenvalue weighted by Gasteiger charge is 2.26. The highest BCUT2D eigenvalue weighted by Crippen LogP contribution is 2.44. The number of anilines is 1. The Hall–Kier alpha value is -3.19. The maximum absolute atomic E-state index is 10.2. The lowest BCUT2D eigenvalue weighted by atomic mass is 10.1. The van der Waals surface area contributed by atoms with Crippen LogP contribution >= 0.6 is 0 Å². The number of aliphatic hydroxyl groups excluding tert-OH is 1. The summed E-state index contributed by atoms with van der Waals surface area (Å²) in [7, 11) is 3.48. The number of nitrogens with zero attached hydrogens (tertiary/aromatic N) is 1. The van der Waals surface area contributed by atoms with Crippen LogP contribution in [0.15, 0.2) is 33.1 Å². The summed E-state index contributed by atoms with van der Waals surface area (Å²) in [5, 5.41) is 40.5. The molecule has 2 heterocycles. The second-order valence-electron chi connectivity index (χ2n) is 6.08. The molecule has 7 heteroatoms. The molecule has 0 aliphatic rings. The van der Waals surface area contributed by atoms with Crippen molar-refractivity contribution in [1.29, 1.82) is 0 Å². The van der Waals surface area contributed by atoms with Crippen LogP contribution in [0.4, 0.5) is 5.69 Å². The molecule has 2 aromatic heterocycles. The Kier molecular flexibility index (Phi) is 3.16. The summed E-state index contributed by atoms with van der Waals surface area (Å²) in [4.78, 5) is 1.66. The summed E-state index contributed by atoms with van der Waals surface area (Å²) in [5.41, 5.74) is 2.39. The van der Waals surface area contributed by atoms with Crippen molar-refractivity contribution in [3.8, 4) is 17.2 Å². The van der Waals surface area contributed by atoms with Crippen LogP contribution in [-0.2, 0) is 6.61 Å². The van der Waals surface area contributed by atoms with Crippen LogP contribution in [0, 0.1) is 0 Å². The number of hydrogen-bond acceptors (Lipinski definition) is 6. The number of phenols is 3. The number of aromatic hydroxyl groups is 3. The van der Waals surface area contributed by atoms with E-state index in [1.54, 1.807) is 31.1 Å². The van der Waals surface area contributed by atoms with E-state index >= 15 is 0 Å². The van der Waals surface area contributed by atoms with Gasteiger partial charge in [-0.2, -0.15) is 0 Å². The van der Waals surface area contributed by atoms with E-state index in [1.807, 2.05) is 0 Å². The Morgan fingerprint density at radius 2 is 1.72 bits per heavy atom. The van der Waals surface area contributed by atoms with Gasteiger partial charge >= 0.3 is 11.2 Å². The molecule has 25 heavy (non-hydrogen) atoms. The van der Waals surface area contributed by atoms with E-state index in [1.165, 1.54) is 12.1 Å². The van der Waals surface area contributed by atoms with Crippen LogP contribution in [0.3, 0.4) is 0 Å². The first-order valence-corrected chi connectivity index (χ1v) is 7.58. The highest BCUT2D eigenvalue weighted by molar-refractivity contribution is 6.07. The number of benzene rings is 2. The van der Waals surface area contributed by atoms with Gasteiger partial charge in [0.15, 0.2) is 11.5 Å². The SMILES string of the molecule is CN(C)c1c(O)c(O)cc2[o+]c3c(cc12)oc1cc(CO)c(O)cc13. The van der Waals surface area contributed by atoms with E-state index in [2.05, 4.69) is 0 Å². The molecule has 4 N–H and O–H groups in total. The molecule has 0 unspecified atom stereocenters. The Labute approximate surface area is 141 Å². The van der Waals surface area contributed by atoms with Crippen molar-refractivity contribution in [1.82, 2.24) is 0 Å². The molecule has 0 aliphatic carbocycles. The first-order chi connectivity index (χ1) is 11.9. The van der Waals surface area contributed by atoms with Crippen molar-refractivity contribution in [2.45, 2.75) is 6.61 Å². The van der Waals surface area contributed by atoms with Gasteiger partial charge < -0.3 is 29.7 Å². The molecular weight excluding hydrogens is 326 g/mol. The maximum Gasteiger partial charge on any atom is 0.406 e. The summed E-state index contributed by atoms with van der Waals surface area (Å²) in [6.45, 7) is -0.315. The molecule has 128 valence electrons. The number of fused-ring (bicyclic) bond motifs is 4. The molecule has 4 rings (SSSR count). The first kappa shape index (κ1) is 15.3. The van der Waals surface area contributed by atoms with Crippen molar-refractivity contribution >= 4 is 38.8 Å². The average molecular weight is 342 g/mol. The molecule has 0 radical (unpaired) electrons. The van der Waals surface area contributed by atoms with E-state index in [0.717, 1.165) is 0 Å². The predicted octanol–water partition coefficient (Wildman–Crippen LogP) is 3.29. The molecule has 0 spiro atoms. The van der Waals surface area contributed by atoms with Crippen molar-refractivity contribution in [2.75, 3.05) is 19.0 Å². The number of phenolic OH excluding ortho intramolecular Hbond substituents is 2. The van der Waals surface area contributed by atoms with E-state index in [0.29, 0.717) is 44.4 Å². The summed E-state index contributed by atoms with van der Waals surface area (Å²) < 4.78 is 11.7. The molecule has 2 aromatic carbocycles. The third-order valence-electron chi connectivity index (χ3n) is 4.23. The lowest BCUT2D eigenvalue weighted by Gasteiger charge is -2.15. The molecule has 0 aliphatic heterocycles. The zero-order chi connectivity index (χ0) is 17.9. The van der Waals surface area contributed by atoms with Gasteiger partial charge in [-0.3, -0.25) is 0 Å². The zero-order valence-corrected chi connectivity index (χ0v) is 13.6. The fourth-order valence-corrected chi connectivity index (χ4v) is 3.05. The smallest absolute Gasteiger partial charge is 0.406 e. The number of aliphatic hydroxyl groups is 1. The summed E-state index contributed by atoms with van der Waals surface area (Å²) in [5.74, 6) is -0.601. The van der Waals surface area contributed by atoms with Crippen LogP contribution in [-0.4, -0.2) is 34.5 Å². The van der Waals surface area contributed by atoms with Crippen LogP contribution in [0.25, 0.3) is 33.1 Å². The van der Waals surface area contributed by atoms with E-state index < -0.39 is 0 Å². The van der Waals surface area contributed by atoms with Gasteiger partial charge in [-0.1, -0.05) is 0 Å². The van der Waals surface area contributed by atoms with Gasteiger partial charge in [0.25, 0.3) is 0 Å². The predicted molar refractivity (Wildman–Crippen MR) is 93.1 cm³/mol. The van der Waals surface area contributed by atoms with Gasteiger partial charge in [0.2, 0.25) is 5.58 Å². The fourth-order valence-electron chi connectivity index (χ4n) is 3.05. The highest BCUT2D eigenvalue weighted by atomic mass is 16.4. The average Bonchev–Trinajstić information content (AvgIpc) is 2.89. The lowest BCUT2D eigenvalue weighted by Crippen LogP contribution is -2.09. The molecule has 0 bridgehead atoms. The third-order valence-corrected chi connectivity index (χ3v) is 4.23. The lowest BCUT2D eigenvalue weighted by molar-refractivity contribution is 0.275. The van der Waals surface area contributed by atoms with Gasteiger partial charge in [0.1, 0.15) is 22.1 Å². The Balaban J connectivity index is 2.15. The second kappa shape index (κ2) is 5.15. The minimum Gasteiger partial charge on any atom is -0.508 e. The van der Waals surface area contributed by atoms with Crippen LogP contribution < -0.4 is 4.90 Å². The number of furan rings is 1. The standard InChI is InChI=1S/C18H15NO6/c1-19(2)16-9-5-15-18(25-14(9)6-12(22)17(16)23)10-4-11(21)8(7-20)3-13(10)24-15/h3-6,20H,7H2,1-2H3,(H2-,21,22,23)/p+1. The quantitative estimate of drug-likeness (QED) is 0.327. The van der Waals surface area contributed by atoms with Crippen molar-refractivity contribution in [2.24, 2.45) is 0 Å². The van der Waals surface area contributed by atoms with Crippen molar-refractivity contribution < 1.29 is 29.3 Å². The minimum atomic E-state index is -0.315. The number of hydrogen-bond donors (Lipinski definition) is 4. The molecule has 0 atom stereocenters. The summed E-state index contributed by atoms with van der Waals surface area (Å²) in [6, 6.07) is 6.05. The van der Waals surface area contributed by atoms with Crippen LogP contribution in [0.2, 0.25) is 0 Å². The molecule has 0 saturated heterocycles. The van der Waals surface area contributed by atoms with Crippen LogP contribution in [0.1, 0.15) is 5.56 Å². The third kappa shape index (κ3) is 2.13. The maximum atomic E-state index is 10.2. The van der Waals surface area contributed by atoms with Crippen molar-refractivity contribution in [3.05, 3.63) is 29.8 Å². The zero-order valence-electron chi connectivity index (χ0n) is 13.6. The molecule has 0 amide bonds.